The smallest absolute Gasteiger partial charge is 0.106 e. The summed E-state index contributed by atoms with van der Waals surface area (Å²) in [6.45, 7) is 4.71. The van der Waals surface area contributed by atoms with Crippen LogP contribution in [0.25, 0.3) is 0 Å². The number of benzene rings is 1. The summed E-state index contributed by atoms with van der Waals surface area (Å²) < 4.78 is 2.11. The molecule has 0 aliphatic carbocycles. The van der Waals surface area contributed by atoms with E-state index in [9.17, 15) is 0 Å². The Balaban J connectivity index is 2.38. The summed E-state index contributed by atoms with van der Waals surface area (Å²) in [7, 11) is 0. The van der Waals surface area contributed by atoms with Gasteiger partial charge in [0.2, 0.25) is 0 Å². The first-order valence-electron chi connectivity index (χ1n) is 5.01. The molecule has 4 heteroatoms. The molecule has 0 atom stereocenters. The van der Waals surface area contributed by atoms with Gasteiger partial charge in [0.25, 0.3) is 0 Å². The molecular weight excluding hydrogens is 243 g/mol. The van der Waals surface area contributed by atoms with Crippen LogP contribution >= 0.6 is 23.2 Å². The Kier molecular flexibility index (Phi) is 3.22. The molecule has 84 valence electrons. The third kappa shape index (κ3) is 2.08. The van der Waals surface area contributed by atoms with Gasteiger partial charge in [-0.1, -0.05) is 35.3 Å². The van der Waals surface area contributed by atoms with E-state index in [-0.39, 0.29) is 0 Å². The molecule has 0 N–H and O–H groups in total. The van der Waals surface area contributed by atoms with Gasteiger partial charge in [-0.05, 0) is 25.5 Å². The predicted molar refractivity (Wildman–Crippen MR) is 67.3 cm³/mol. The highest BCUT2D eigenvalue weighted by molar-refractivity contribution is 6.42. The van der Waals surface area contributed by atoms with Gasteiger partial charge in [-0.25, -0.2) is 4.98 Å². The van der Waals surface area contributed by atoms with Crippen molar-refractivity contribution < 1.29 is 0 Å². The number of imidazole rings is 1. The molecule has 0 spiro atoms. The van der Waals surface area contributed by atoms with Crippen LogP contribution in [-0.4, -0.2) is 9.55 Å². The minimum atomic E-state index is 0.592. The topological polar surface area (TPSA) is 17.8 Å². The molecule has 0 aliphatic rings. The summed E-state index contributed by atoms with van der Waals surface area (Å²) in [5.41, 5.74) is 2.13. The Morgan fingerprint density at radius 3 is 2.62 bits per heavy atom. The molecular formula is C12H12Cl2N2. The zero-order valence-corrected chi connectivity index (χ0v) is 10.7. The summed E-state index contributed by atoms with van der Waals surface area (Å²) in [5.74, 6) is 0.980. The molecule has 1 aromatic heterocycles. The van der Waals surface area contributed by atoms with E-state index in [4.69, 9.17) is 23.2 Å². The minimum absolute atomic E-state index is 0.592. The molecule has 2 aromatic rings. The van der Waals surface area contributed by atoms with Gasteiger partial charge in [0, 0.05) is 11.9 Å². The van der Waals surface area contributed by atoms with Crippen LogP contribution in [0.4, 0.5) is 0 Å². The van der Waals surface area contributed by atoms with Gasteiger partial charge < -0.3 is 4.57 Å². The monoisotopic (exact) mass is 254 g/mol. The van der Waals surface area contributed by atoms with Crippen molar-refractivity contribution in [2.45, 2.75) is 20.4 Å². The fourth-order valence-electron chi connectivity index (χ4n) is 1.66. The average molecular weight is 255 g/mol. The van der Waals surface area contributed by atoms with Crippen molar-refractivity contribution in [1.82, 2.24) is 9.55 Å². The highest BCUT2D eigenvalue weighted by Gasteiger charge is 2.08. The van der Waals surface area contributed by atoms with E-state index in [0.29, 0.717) is 16.6 Å². The quantitative estimate of drug-likeness (QED) is 0.796. The van der Waals surface area contributed by atoms with E-state index in [0.717, 1.165) is 17.1 Å². The molecule has 0 fully saturated rings. The van der Waals surface area contributed by atoms with Crippen molar-refractivity contribution in [1.29, 1.82) is 0 Å². The van der Waals surface area contributed by atoms with Gasteiger partial charge >= 0.3 is 0 Å². The Morgan fingerprint density at radius 1 is 1.25 bits per heavy atom. The molecule has 1 heterocycles. The largest absolute Gasteiger partial charge is 0.328 e. The molecule has 0 amide bonds. The molecule has 0 unspecified atom stereocenters. The lowest BCUT2D eigenvalue weighted by atomic mass is 10.2. The number of hydrogen-bond acceptors (Lipinski definition) is 1. The van der Waals surface area contributed by atoms with E-state index in [2.05, 4.69) is 9.55 Å². The summed E-state index contributed by atoms with van der Waals surface area (Å²) in [6, 6.07) is 5.68. The van der Waals surface area contributed by atoms with Gasteiger partial charge in [0.05, 0.1) is 16.6 Å². The van der Waals surface area contributed by atoms with Crippen molar-refractivity contribution in [3.63, 3.8) is 0 Å². The maximum absolute atomic E-state index is 6.15. The lowest BCUT2D eigenvalue weighted by Gasteiger charge is -2.10. The van der Waals surface area contributed by atoms with Crippen molar-refractivity contribution >= 4 is 23.2 Å². The van der Waals surface area contributed by atoms with Crippen LogP contribution in [0.5, 0.6) is 0 Å². The van der Waals surface area contributed by atoms with Crippen LogP contribution in [0.2, 0.25) is 10.0 Å². The van der Waals surface area contributed by atoms with Crippen LogP contribution in [0.3, 0.4) is 0 Å². The molecule has 2 nitrogen and oxygen atoms in total. The maximum atomic E-state index is 6.15. The molecule has 1 aromatic carbocycles. The fourth-order valence-corrected chi connectivity index (χ4v) is 2.04. The van der Waals surface area contributed by atoms with E-state index in [1.807, 2.05) is 32.2 Å². The van der Waals surface area contributed by atoms with Gasteiger partial charge in [0.15, 0.2) is 0 Å². The standard InChI is InChI=1S/C12H12Cl2N2/c1-8-6-15-9(2)16(8)7-10-4-3-5-11(13)12(10)14/h3-6H,7H2,1-2H3. The Labute approximate surface area is 105 Å². The number of halogens is 2. The van der Waals surface area contributed by atoms with Gasteiger partial charge in [-0.3, -0.25) is 0 Å². The van der Waals surface area contributed by atoms with Crippen molar-refractivity contribution in [3.8, 4) is 0 Å². The lowest BCUT2D eigenvalue weighted by molar-refractivity contribution is 0.738. The molecule has 16 heavy (non-hydrogen) atoms. The van der Waals surface area contributed by atoms with E-state index in [1.165, 1.54) is 0 Å². The first-order chi connectivity index (χ1) is 7.59. The van der Waals surface area contributed by atoms with Crippen molar-refractivity contribution in [2.75, 3.05) is 0 Å². The second-order valence-electron chi connectivity index (χ2n) is 3.75. The van der Waals surface area contributed by atoms with E-state index >= 15 is 0 Å². The van der Waals surface area contributed by atoms with E-state index in [1.54, 1.807) is 6.07 Å². The van der Waals surface area contributed by atoms with Gasteiger partial charge in [0.1, 0.15) is 5.82 Å². The highest BCUT2D eigenvalue weighted by atomic mass is 35.5. The van der Waals surface area contributed by atoms with Crippen LogP contribution in [0.1, 0.15) is 17.1 Å². The summed E-state index contributed by atoms with van der Waals surface area (Å²) in [5, 5.41) is 1.21. The number of aryl methyl sites for hydroxylation is 2. The first kappa shape index (κ1) is 11.5. The second-order valence-corrected chi connectivity index (χ2v) is 4.53. The van der Waals surface area contributed by atoms with E-state index < -0.39 is 0 Å². The van der Waals surface area contributed by atoms with Crippen LogP contribution in [0, 0.1) is 13.8 Å². The first-order valence-corrected chi connectivity index (χ1v) is 5.77. The molecule has 0 saturated carbocycles. The SMILES string of the molecule is Cc1cnc(C)n1Cc1cccc(Cl)c1Cl. The minimum Gasteiger partial charge on any atom is -0.328 e. The number of nitrogens with zero attached hydrogens (tertiary/aromatic N) is 2. The van der Waals surface area contributed by atoms with Crippen LogP contribution in [-0.2, 0) is 6.54 Å². The molecule has 0 bridgehead atoms. The predicted octanol–water partition coefficient (Wildman–Crippen LogP) is 3.86. The maximum Gasteiger partial charge on any atom is 0.106 e. The number of hydrogen-bond donors (Lipinski definition) is 0. The molecule has 0 saturated heterocycles. The number of aromatic nitrogens is 2. The Morgan fingerprint density at radius 2 is 2.00 bits per heavy atom. The zero-order valence-electron chi connectivity index (χ0n) is 9.17. The summed E-state index contributed by atoms with van der Waals surface area (Å²) >= 11 is 12.1. The molecule has 2 rings (SSSR count). The number of rotatable bonds is 2. The third-order valence-electron chi connectivity index (χ3n) is 2.61. The van der Waals surface area contributed by atoms with Crippen LogP contribution < -0.4 is 0 Å². The molecule has 0 aliphatic heterocycles. The average Bonchev–Trinajstić information content (AvgIpc) is 2.56. The lowest BCUT2D eigenvalue weighted by Crippen LogP contribution is -2.04. The second kappa shape index (κ2) is 4.48. The summed E-state index contributed by atoms with van der Waals surface area (Å²) in [4.78, 5) is 4.25. The zero-order chi connectivity index (χ0) is 11.7. The summed E-state index contributed by atoms with van der Waals surface area (Å²) in [6.07, 6.45) is 1.85. The normalized spacial score (nSPS) is 10.8. The van der Waals surface area contributed by atoms with Crippen molar-refractivity contribution in [2.24, 2.45) is 0 Å². The Hall–Kier alpha value is -0.990. The molecule has 0 radical (unpaired) electrons. The third-order valence-corrected chi connectivity index (χ3v) is 3.47. The van der Waals surface area contributed by atoms with Gasteiger partial charge in [-0.15, -0.1) is 0 Å². The highest BCUT2D eigenvalue weighted by Crippen LogP contribution is 2.26. The van der Waals surface area contributed by atoms with Crippen LogP contribution in [0.15, 0.2) is 24.4 Å². The Bertz CT molecular complexity index is 498. The van der Waals surface area contributed by atoms with Crippen molar-refractivity contribution in [3.05, 3.63) is 51.5 Å². The van der Waals surface area contributed by atoms with Gasteiger partial charge in [-0.2, -0.15) is 0 Å². The fraction of sp³-hybridized carbons (Fsp3) is 0.250.